The SMILES string of the molecule is Cc1cnc(C=CC=O)c(C)c1. The lowest BCUT2D eigenvalue weighted by Gasteiger charge is -1.98. The molecule has 62 valence electrons. The van der Waals surface area contributed by atoms with Crippen molar-refractivity contribution in [1.29, 1.82) is 0 Å². The minimum Gasteiger partial charge on any atom is -0.299 e. The van der Waals surface area contributed by atoms with Gasteiger partial charge in [0.05, 0.1) is 5.69 Å². The van der Waals surface area contributed by atoms with Crippen molar-refractivity contribution in [1.82, 2.24) is 4.98 Å². The fourth-order valence-electron chi connectivity index (χ4n) is 1.03. The van der Waals surface area contributed by atoms with E-state index < -0.39 is 0 Å². The number of carbonyl (C=O) groups is 1. The highest BCUT2D eigenvalue weighted by molar-refractivity contribution is 5.73. The topological polar surface area (TPSA) is 30.0 Å². The number of carbonyl (C=O) groups excluding carboxylic acids is 1. The predicted molar refractivity (Wildman–Crippen MR) is 48.8 cm³/mol. The molecule has 0 N–H and O–H groups in total. The van der Waals surface area contributed by atoms with Crippen LogP contribution in [0.25, 0.3) is 6.08 Å². The first kappa shape index (κ1) is 8.65. The molecule has 2 heteroatoms. The number of aryl methyl sites for hydroxylation is 2. The van der Waals surface area contributed by atoms with E-state index in [1.165, 1.54) is 6.08 Å². The standard InChI is InChI=1S/C10H11NO/c1-8-6-9(2)10(11-7-8)4-3-5-12/h3-7H,1-2H3. The summed E-state index contributed by atoms with van der Waals surface area (Å²) in [7, 11) is 0. The molecule has 0 aliphatic rings. The molecule has 0 bridgehead atoms. The molecule has 1 aromatic rings. The van der Waals surface area contributed by atoms with Gasteiger partial charge < -0.3 is 0 Å². The van der Waals surface area contributed by atoms with Crippen LogP contribution in [0.1, 0.15) is 16.8 Å². The van der Waals surface area contributed by atoms with Crippen LogP contribution < -0.4 is 0 Å². The monoisotopic (exact) mass is 161 g/mol. The Morgan fingerprint density at radius 1 is 1.42 bits per heavy atom. The van der Waals surface area contributed by atoms with Crippen molar-refractivity contribution in [3.05, 3.63) is 35.2 Å². The second-order valence-corrected chi connectivity index (χ2v) is 2.71. The summed E-state index contributed by atoms with van der Waals surface area (Å²) in [5, 5.41) is 0. The summed E-state index contributed by atoms with van der Waals surface area (Å²) in [5.74, 6) is 0. The molecule has 0 aliphatic heterocycles. The number of hydrogen-bond donors (Lipinski definition) is 0. The van der Waals surface area contributed by atoms with Gasteiger partial charge in [-0.3, -0.25) is 9.78 Å². The van der Waals surface area contributed by atoms with Crippen LogP contribution in [-0.2, 0) is 4.79 Å². The molecule has 1 heterocycles. The first-order chi connectivity index (χ1) is 5.74. The molecule has 0 spiro atoms. The zero-order chi connectivity index (χ0) is 8.97. The van der Waals surface area contributed by atoms with Gasteiger partial charge >= 0.3 is 0 Å². The number of nitrogens with zero attached hydrogens (tertiary/aromatic N) is 1. The molecule has 0 amide bonds. The molecule has 0 aromatic carbocycles. The van der Waals surface area contributed by atoms with Crippen LogP contribution in [0.5, 0.6) is 0 Å². The van der Waals surface area contributed by atoms with Gasteiger partial charge in [-0.05, 0) is 37.1 Å². The van der Waals surface area contributed by atoms with E-state index in [4.69, 9.17) is 0 Å². The Labute approximate surface area is 71.9 Å². The summed E-state index contributed by atoms with van der Waals surface area (Å²) in [6, 6.07) is 2.04. The maximum Gasteiger partial charge on any atom is 0.142 e. The zero-order valence-electron chi connectivity index (χ0n) is 7.24. The van der Waals surface area contributed by atoms with Crippen LogP contribution in [0.4, 0.5) is 0 Å². The summed E-state index contributed by atoms with van der Waals surface area (Å²) in [4.78, 5) is 14.2. The fourth-order valence-corrected chi connectivity index (χ4v) is 1.03. The Kier molecular flexibility index (Phi) is 2.75. The number of hydrogen-bond acceptors (Lipinski definition) is 2. The minimum absolute atomic E-state index is 0.751. The quantitative estimate of drug-likeness (QED) is 0.490. The smallest absolute Gasteiger partial charge is 0.142 e. The molecule has 0 fully saturated rings. The second kappa shape index (κ2) is 3.81. The van der Waals surface area contributed by atoms with Crippen LogP contribution >= 0.6 is 0 Å². The first-order valence-electron chi connectivity index (χ1n) is 3.79. The van der Waals surface area contributed by atoms with Crippen LogP contribution in [-0.4, -0.2) is 11.3 Å². The highest BCUT2D eigenvalue weighted by Crippen LogP contribution is 2.07. The number of aromatic nitrogens is 1. The van der Waals surface area contributed by atoms with Gasteiger partial charge in [-0.15, -0.1) is 0 Å². The summed E-state index contributed by atoms with van der Waals surface area (Å²) >= 11 is 0. The van der Waals surface area contributed by atoms with E-state index in [9.17, 15) is 4.79 Å². The van der Waals surface area contributed by atoms with Gasteiger partial charge in [0.2, 0.25) is 0 Å². The maximum absolute atomic E-state index is 10.0. The van der Waals surface area contributed by atoms with Crippen molar-refractivity contribution in [2.24, 2.45) is 0 Å². The van der Waals surface area contributed by atoms with Crippen molar-refractivity contribution in [3.63, 3.8) is 0 Å². The van der Waals surface area contributed by atoms with E-state index in [1.807, 2.05) is 19.9 Å². The van der Waals surface area contributed by atoms with Crippen LogP contribution in [0, 0.1) is 13.8 Å². The largest absolute Gasteiger partial charge is 0.299 e. The maximum atomic E-state index is 10.0. The fraction of sp³-hybridized carbons (Fsp3) is 0.200. The van der Waals surface area contributed by atoms with E-state index in [2.05, 4.69) is 4.98 Å². The molecule has 0 radical (unpaired) electrons. The summed E-state index contributed by atoms with van der Waals surface area (Å²) in [6.45, 7) is 3.97. The van der Waals surface area contributed by atoms with E-state index >= 15 is 0 Å². The van der Waals surface area contributed by atoms with Crippen LogP contribution in [0.3, 0.4) is 0 Å². The van der Waals surface area contributed by atoms with Gasteiger partial charge in [0.1, 0.15) is 6.29 Å². The van der Waals surface area contributed by atoms with Crippen molar-refractivity contribution in [3.8, 4) is 0 Å². The molecule has 12 heavy (non-hydrogen) atoms. The van der Waals surface area contributed by atoms with Gasteiger partial charge in [0.25, 0.3) is 0 Å². The zero-order valence-corrected chi connectivity index (χ0v) is 7.24. The third kappa shape index (κ3) is 2.02. The highest BCUT2D eigenvalue weighted by atomic mass is 16.1. The van der Waals surface area contributed by atoms with Gasteiger partial charge in [0.15, 0.2) is 0 Å². The van der Waals surface area contributed by atoms with Crippen molar-refractivity contribution < 1.29 is 4.79 Å². The van der Waals surface area contributed by atoms with Crippen molar-refractivity contribution in [2.75, 3.05) is 0 Å². The first-order valence-corrected chi connectivity index (χ1v) is 3.79. The van der Waals surface area contributed by atoms with Gasteiger partial charge in [-0.2, -0.15) is 0 Å². The predicted octanol–water partition coefficient (Wildman–Crippen LogP) is 1.91. The molecular formula is C10H11NO. The molecule has 1 rings (SSSR count). The van der Waals surface area contributed by atoms with Gasteiger partial charge in [-0.25, -0.2) is 0 Å². The van der Waals surface area contributed by atoms with Crippen LogP contribution in [0.2, 0.25) is 0 Å². The average molecular weight is 161 g/mol. The Hall–Kier alpha value is -1.44. The summed E-state index contributed by atoms with van der Waals surface area (Å²) in [6.07, 6.45) is 5.70. The number of rotatable bonds is 2. The average Bonchev–Trinajstić information content (AvgIpc) is 2.03. The molecule has 1 aromatic heterocycles. The lowest BCUT2D eigenvalue weighted by molar-refractivity contribution is -0.104. The number of aldehydes is 1. The molecule has 0 aliphatic carbocycles. The normalized spacial score (nSPS) is 10.5. The molecular weight excluding hydrogens is 150 g/mol. The Balaban J connectivity index is 3.01. The van der Waals surface area contributed by atoms with E-state index in [-0.39, 0.29) is 0 Å². The molecule has 0 unspecified atom stereocenters. The third-order valence-corrected chi connectivity index (χ3v) is 1.59. The summed E-state index contributed by atoms with van der Waals surface area (Å²) < 4.78 is 0. The molecule has 0 saturated carbocycles. The molecule has 0 atom stereocenters. The highest BCUT2D eigenvalue weighted by Gasteiger charge is 1.94. The Morgan fingerprint density at radius 2 is 2.17 bits per heavy atom. The van der Waals surface area contributed by atoms with Gasteiger partial charge in [-0.1, -0.05) is 6.07 Å². The molecule has 2 nitrogen and oxygen atoms in total. The lowest BCUT2D eigenvalue weighted by atomic mass is 10.1. The van der Waals surface area contributed by atoms with Crippen LogP contribution in [0.15, 0.2) is 18.3 Å². The van der Waals surface area contributed by atoms with E-state index in [0.717, 1.165) is 23.1 Å². The Bertz CT molecular complexity index is 316. The minimum atomic E-state index is 0.751. The third-order valence-electron chi connectivity index (χ3n) is 1.59. The second-order valence-electron chi connectivity index (χ2n) is 2.71. The molecule has 0 saturated heterocycles. The van der Waals surface area contributed by atoms with Crippen molar-refractivity contribution in [2.45, 2.75) is 13.8 Å². The number of pyridine rings is 1. The summed E-state index contributed by atoms with van der Waals surface area (Å²) in [5.41, 5.74) is 3.08. The van der Waals surface area contributed by atoms with E-state index in [1.54, 1.807) is 12.3 Å². The Morgan fingerprint density at radius 3 is 2.75 bits per heavy atom. The number of allylic oxidation sites excluding steroid dienone is 1. The van der Waals surface area contributed by atoms with Gasteiger partial charge in [0, 0.05) is 6.20 Å². The lowest BCUT2D eigenvalue weighted by Crippen LogP contribution is -1.87. The van der Waals surface area contributed by atoms with Crippen molar-refractivity contribution >= 4 is 12.4 Å². The van der Waals surface area contributed by atoms with E-state index in [0.29, 0.717) is 0 Å².